The molecule has 1 aliphatic rings. The predicted octanol–water partition coefficient (Wildman–Crippen LogP) is 2.04. The minimum Gasteiger partial charge on any atom is -0.456 e. The van der Waals surface area contributed by atoms with Crippen LogP contribution in [0.5, 0.6) is 0 Å². The van der Waals surface area contributed by atoms with Crippen molar-refractivity contribution in [1.82, 2.24) is 0 Å². The number of carbonyl (C=O) groups is 1. The summed E-state index contributed by atoms with van der Waals surface area (Å²) in [6, 6.07) is 3.49. The number of carbonyl (C=O) groups excluding carboxylic acids is 1. The number of hydrogen-bond donors (Lipinski definition) is 0. The largest absolute Gasteiger partial charge is 0.456 e. The average Bonchev–Trinajstić information content (AvgIpc) is 2.78. The molecule has 2 heterocycles. The molecule has 2 rings (SSSR count). The smallest absolute Gasteiger partial charge is 0.203 e. The molecule has 1 fully saturated rings. The number of methoxy groups -OCH3 is 1. The number of Topliss-reactive ketones (excluding diaryl/α,β-unsaturated/α-hetero) is 1. The highest BCUT2D eigenvalue weighted by Crippen LogP contribution is 2.20. The summed E-state index contributed by atoms with van der Waals surface area (Å²) in [5, 5.41) is 0. The third-order valence-corrected chi connectivity index (χ3v) is 2.72. The Balaban J connectivity index is 2.01. The lowest BCUT2D eigenvalue weighted by molar-refractivity contribution is 0.0440. The monoisotopic (exact) mass is 224 g/mol. The molecule has 1 unspecified atom stereocenters. The van der Waals surface area contributed by atoms with Gasteiger partial charge in [-0.15, -0.1) is 0 Å². The van der Waals surface area contributed by atoms with Crippen LogP contribution in [0, 0.1) is 5.92 Å². The Morgan fingerprint density at radius 1 is 1.56 bits per heavy atom. The maximum absolute atomic E-state index is 12.0. The molecule has 1 atom stereocenters. The second-order valence-electron chi connectivity index (χ2n) is 3.98. The van der Waals surface area contributed by atoms with Crippen molar-refractivity contribution in [3.05, 3.63) is 23.7 Å². The van der Waals surface area contributed by atoms with E-state index in [1.54, 1.807) is 19.2 Å². The third kappa shape index (κ3) is 2.51. The molecule has 0 saturated carbocycles. The minimum absolute atomic E-state index is 0.0436. The molecule has 16 heavy (non-hydrogen) atoms. The van der Waals surface area contributed by atoms with Crippen LogP contribution in [0.15, 0.2) is 16.5 Å². The Kier molecular flexibility index (Phi) is 3.74. The first kappa shape index (κ1) is 11.4. The first-order valence-electron chi connectivity index (χ1n) is 5.51. The number of ether oxygens (including phenoxy) is 2. The molecule has 0 aliphatic carbocycles. The van der Waals surface area contributed by atoms with Gasteiger partial charge >= 0.3 is 0 Å². The van der Waals surface area contributed by atoms with Gasteiger partial charge in [0.25, 0.3) is 0 Å². The van der Waals surface area contributed by atoms with Crippen LogP contribution in [0.2, 0.25) is 0 Å². The third-order valence-electron chi connectivity index (χ3n) is 2.72. The summed E-state index contributed by atoms with van der Waals surface area (Å²) in [5.41, 5.74) is 0. The van der Waals surface area contributed by atoms with Crippen LogP contribution in [0.4, 0.5) is 0 Å². The van der Waals surface area contributed by atoms with Gasteiger partial charge in [-0.05, 0) is 25.0 Å². The predicted molar refractivity (Wildman–Crippen MR) is 57.3 cm³/mol. The second-order valence-corrected chi connectivity index (χ2v) is 3.98. The molecule has 4 nitrogen and oxygen atoms in total. The van der Waals surface area contributed by atoms with Crippen LogP contribution >= 0.6 is 0 Å². The standard InChI is InChI=1S/C12H16O4/c1-14-8-10-4-5-11(16-10)12(13)9-3-2-6-15-7-9/h4-5,9H,2-3,6-8H2,1H3. The fourth-order valence-electron chi connectivity index (χ4n) is 1.88. The fraction of sp³-hybridized carbons (Fsp3) is 0.583. The van der Waals surface area contributed by atoms with Crippen LogP contribution < -0.4 is 0 Å². The lowest BCUT2D eigenvalue weighted by atomic mass is 9.96. The molecule has 0 spiro atoms. The molecule has 1 saturated heterocycles. The lowest BCUT2D eigenvalue weighted by Crippen LogP contribution is -2.25. The first-order chi connectivity index (χ1) is 7.81. The van der Waals surface area contributed by atoms with Crippen molar-refractivity contribution in [1.29, 1.82) is 0 Å². The van der Waals surface area contributed by atoms with E-state index in [1.807, 2.05) is 0 Å². The summed E-state index contributed by atoms with van der Waals surface area (Å²) < 4.78 is 15.6. The van der Waals surface area contributed by atoms with E-state index in [-0.39, 0.29) is 11.7 Å². The zero-order valence-corrected chi connectivity index (χ0v) is 9.40. The van der Waals surface area contributed by atoms with E-state index in [0.29, 0.717) is 24.7 Å². The van der Waals surface area contributed by atoms with Crippen molar-refractivity contribution >= 4 is 5.78 Å². The fourth-order valence-corrected chi connectivity index (χ4v) is 1.88. The maximum atomic E-state index is 12.0. The van der Waals surface area contributed by atoms with Gasteiger partial charge in [-0.1, -0.05) is 0 Å². The van der Waals surface area contributed by atoms with Gasteiger partial charge in [0, 0.05) is 19.6 Å². The van der Waals surface area contributed by atoms with Gasteiger partial charge in [-0.2, -0.15) is 0 Å². The van der Waals surface area contributed by atoms with E-state index in [0.717, 1.165) is 19.4 Å². The molecule has 88 valence electrons. The van der Waals surface area contributed by atoms with Crippen LogP contribution in [-0.4, -0.2) is 26.1 Å². The molecular formula is C12H16O4. The van der Waals surface area contributed by atoms with Gasteiger partial charge in [-0.3, -0.25) is 4.79 Å². The topological polar surface area (TPSA) is 48.7 Å². The van der Waals surface area contributed by atoms with Crippen molar-refractivity contribution in [2.24, 2.45) is 5.92 Å². The Morgan fingerprint density at radius 2 is 2.44 bits per heavy atom. The summed E-state index contributed by atoms with van der Waals surface area (Å²) in [6.45, 7) is 1.67. The van der Waals surface area contributed by atoms with Crippen molar-refractivity contribution < 1.29 is 18.7 Å². The quantitative estimate of drug-likeness (QED) is 0.734. The Bertz CT molecular complexity index is 350. The van der Waals surface area contributed by atoms with Crippen molar-refractivity contribution in [3.63, 3.8) is 0 Å². The maximum Gasteiger partial charge on any atom is 0.203 e. The second kappa shape index (κ2) is 5.27. The summed E-state index contributed by atoms with van der Waals surface area (Å²) in [4.78, 5) is 12.0. The molecule has 0 radical (unpaired) electrons. The molecule has 4 heteroatoms. The highest BCUT2D eigenvalue weighted by molar-refractivity contribution is 5.95. The SMILES string of the molecule is COCc1ccc(C(=O)C2CCCOC2)o1. The van der Waals surface area contributed by atoms with E-state index in [4.69, 9.17) is 13.9 Å². The summed E-state index contributed by atoms with van der Waals surface area (Å²) in [5.74, 6) is 1.10. The molecule has 1 aromatic heterocycles. The lowest BCUT2D eigenvalue weighted by Gasteiger charge is -2.19. The molecule has 0 N–H and O–H groups in total. The highest BCUT2D eigenvalue weighted by Gasteiger charge is 2.25. The van der Waals surface area contributed by atoms with Gasteiger partial charge in [0.05, 0.1) is 6.61 Å². The summed E-state index contributed by atoms with van der Waals surface area (Å²) in [7, 11) is 1.60. The van der Waals surface area contributed by atoms with Gasteiger partial charge < -0.3 is 13.9 Å². The highest BCUT2D eigenvalue weighted by atomic mass is 16.5. The van der Waals surface area contributed by atoms with Crippen molar-refractivity contribution in [2.75, 3.05) is 20.3 Å². The molecular weight excluding hydrogens is 208 g/mol. The zero-order valence-electron chi connectivity index (χ0n) is 9.40. The van der Waals surface area contributed by atoms with Gasteiger partial charge in [-0.25, -0.2) is 0 Å². The van der Waals surface area contributed by atoms with Gasteiger partial charge in [0.1, 0.15) is 12.4 Å². The minimum atomic E-state index is -0.0460. The molecule has 0 amide bonds. The molecule has 0 bridgehead atoms. The van der Waals surface area contributed by atoms with E-state index in [9.17, 15) is 4.79 Å². The van der Waals surface area contributed by atoms with E-state index in [2.05, 4.69) is 0 Å². The van der Waals surface area contributed by atoms with Gasteiger partial charge in [0.15, 0.2) is 5.76 Å². The normalized spacial score (nSPS) is 20.9. The molecule has 1 aromatic rings. The van der Waals surface area contributed by atoms with E-state index >= 15 is 0 Å². The van der Waals surface area contributed by atoms with Crippen LogP contribution in [0.3, 0.4) is 0 Å². The summed E-state index contributed by atoms with van der Waals surface area (Å²) in [6.07, 6.45) is 1.83. The number of furan rings is 1. The van der Waals surface area contributed by atoms with Crippen LogP contribution in [0.25, 0.3) is 0 Å². The zero-order chi connectivity index (χ0) is 11.4. The first-order valence-corrected chi connectivity index (χ1v) is 5.51. The average molecular weight is 224 g/mol. The number of rotatable bonds is 4. The Hall–Kier alpha value is -1.13. The van der Waals surface area contributed by atoms with E-state index < -0.39 is 0 Å². The van der Waals surface area contributed by atoms with Crippen molar-refractivity contribution in [2.45, 2.75) is 19.4 Å². The van der Waals surface area contributed by atoms with Crippen LogP contribution in [0.1, 0.15) is 29.2 Å². The van der Waals surface area contributed by atoms with Gasteiger partial charge in [0.2, 0.25) is 5.78 Å². The molecule has 0 aromatic carbocycles. The van der Waals surface area contributed by atoms with Crippen LogP contribution in [-0.2, 0) is 16.1 Å². The Morgan fingerprint density at radius 3 is 3.12 bits per heavy atom. The van der Waals surface area contributed by atoms with Crippen molar-refractivity contribution in [3.8, 4) is 0 Å². The number of ketones is 1. The Labute approximate surface area is 94.5 Å². The summed E-state index contributed by atoms with van der Waals surface area (Å²) >= 11 is 0. The molecule has 1 aliphatic heterocycles. The van der Waals surface area contributed by atoms with E-state index in [1.165, 1.54) is 0 Å². The number of hydrogen-bond acceptors (Lipinski definition) is 4.